The number of fused-ring (bicyclic) bond motifs is 4. The SMILES string of the molecule is C/C=C\c1c(C)ccc2c1Oc1c(ccc(C)c1/C=C\C)C21OC(=O)C=C1C. The molecule has 0 N–H and O–H groups in total. The van der Waals surface area contributed by atoms with Crippen molar-refractivity contribution in [2.75, 3.05) is 0 Å². The van der Waals surface area contributed by atoms with Crippen LogP contribution in [0.2, 0.25) is 0 Å². The third-order valence-electron chi connectivity index (χ3n) is 5.60. The van der Waals surface area contributed by atoms with Crippen molar-refractivity contribution < 1.29 is 14.3 Å². The van der Waals surface area contributed by atoms with Crippen molar-refractivity contribution in [2.45, 2.75) is 40.2 Å². The van der Waals surface area contributed by atoms with Crippen molar-refractivity contribution in [3.8, 4) is 11.5 Å². The summed E-state index contributed by atoms with van der Waals surface area (Å²) in [5.41, 5.74) is 5.90. The Labute approximate surface area is 166 Å². The van der Waals surface area contributed by atoms with Crippen LogP contribution in [0.25, 0.3) is 12.2 Å². The molecular formula is C25H24O3. The van der Waals surface area contributed by atoms with Gasteiger partial charge < -0.3 is 9.47 Å². The molecule has 0 aromatic heterocycles. The molecule has 3 nitrogen and oxygen atoms in total. The Morgan fingerprint density at radius 2 is 1.32 bits per heavy atom. The maximum Gasteiger partial charge on any atom is 0.332 e. The third-order valence-corrected chi connectivity index (χ3v) is 5.60. The fourth-order valence-corrected chi connectivity index (χ4v) is 4.24. The van der Waals surface area contributed by atoms with Crippen LogP contribution in [0.1, 0.15) is 54.2 Å². The first-order chi connectivity index (χ1) is 13.4. The summed E-state index contributed by atoms with van der Waals surface area (Å²) in [6, 6.07) is 8.16. The van der Waals surface area contributed by atoms with Gasteiger partial charge in [-0.1, -0.05) is 48.6 Å². The largest absolute Gasteiger partial charge is 0.455 e. The predicted octanol–water partition coefficient (Wildman–Crippen LogP) is 6.22. The highest BCUT2D eigenvalue weighted by Crippen LogP contribution is 2.57. The average Bonchev–Trinajstić information content (AvgIpc) is 2.95. The summed E-state index contributed by atoms with van der Waals surface area (Å²) in [5.74, 6) is 1.19. The van der Waals surface area contributed by atoms with Crippen molar-refractivity contribution >= 4 is 18.1 Å². The molecule has 2 aromatic carbocycles. The average molecular weight is 372 g/mol. The zero-order chi connectivity index (χ0) is 20.1. The quantitative estimate of drug-likeness (QED) is 0.587. The second kappa shape index (κ2) is 6.52. The van der Waals surface area contributed by atoms with Crippen LogP contribution in [0.15, 0.2) is 48.1 Å². The molecule has 0 unspecified atom stereocenters. The number of aryl methyl sites for hydroxylation is 2. The predicted molar refractivity (Wildman–Crippen MR) is 112 cm³/mol. The third kappa shape index (κ3) is 2.39. The summed E-state index contributed by atoms with van der Waals surface area (Å²) in [5, 5.41) is 0. The molecule has 1 spiro atoms. The fraction of sp³-hybridized carbons (Fsp3) is 0.240. The minimum Gasteiger partial charge on any atom is -0.455 e. The van der Waals surface area contributed by atoms with Crippen molar-refractivity contribution in [1.82, 2.24) is 0 Å². The Balaban J connectivity index is 2.14. The number of benzene rings is 2. The summed E-state index contributed by atoms with van der Waals surface area (Å²) >= 11 is 0. The lowest BCUT2D eigenvalue weighted by Gasteiger charge is -2.39. The van der Waals surface area contributed by atoms with Gasteiger partial charge in [-0.05, 0) is 51.3 Å². The molecule has 0 amide bonds. The van der Waals surface area contributed by atoms with E-state index in [-0.39, 0.29) is 5.97 Å². The maximum atomic E-state index is 12.3. The van der Waals surface area contributed by atoms with Gasteiger partial charge in [0, 0.05) is 28.3 Å². The van der Waals surface area contributed by atoms with Crippen molar-refractivity contribution in [2.24, 2.45) is 0 Å². The van der Waals surface area contributed by atoms with E-state index in [2.05, 4.69) is 26.0 Å². The molecule has 0 aliphatic carbocycles. The van der Waals surface area contributed by atoms with E-state index in [9.17, 15) is 4.79 Å². The summed E-state index contributed by atoms with van der Waals surface area (Å²) in [7, 11) is 0. The number of allylic oxidation sites excluding steroid dienone is 2. The fourth-order valence-electron chi connectivity index (χ4n) is 4.24. The van der Waals surface area contributed by atoms with Gasteiger partial charge in [0.05, 0.1) is 0 Å². The number of esters is 1. The van der Waals surface area contributed by atoms with Crippen molar-refractivity contribution in [1.29, 1.82) is 0 Å². The Morgan fingerprint density at radius 3 is 1.71 bits per heavy atom. The Hall–Kier alpha value is -3.07. The number of carbonyl (C=O) groups is 1. The molecule has 2 aliphatic heterocycles. The molecular weight excluding hydrogens is 348 g/mol. The van der Waals surface area contributed by atoms with Gasteiger partial charge in [0.1, 0.15) is 11.5 Å². The highest BCUT2D eigenvalue weighted by Gasteiger charge is 2.51. The minimum absolute atomic E-state index is 0.322. The molecule has 0 radical (unpaired) electrons. The van der Waals surface area contributed by atoms with E-state index >= 15 is 0 Å². The highest BCUT2D eigenvalue weighted by molar-refractivity contribution is 5.90. The molecule has 0 atom stereocenters. The molecule has 2 heterocycles. The smallest absolute Gasteiger partial charge is 0.332 e. The van der Waals surface area contributed by atoms with E-state index < -0.39 is 5.60 Å². The summed E-state index contributed by atoms with van der Waals surface area (Å²) in [4.78, 5) is 12.3. The van der Waals surface area contributed by atoms with Crippen LogP contribution in [-0.2, 0) is 15.1 Å². The van der Waals surface area contributed by atoms with Gasteiger partial charge in [0.2, 0.25) is 0 Å². The topological polar surface area (TPSA) is 35.5 Å². The van der Waals surface area contributed by atoms with E-state index in [0.717, 1.165) is 50.5 Å². The van der Waals surface area contributed by atoms with E-state index in [1.807, 2.05) is 57.2 Å². The molecule has 0 saturated heterocycles. The molecule has 2 aliphatic rings. The van der Waals surface area contributed by atoms with Crippen LogP contribution in [0.3, 0.4) is 0 Å². The standard InChI is InChI=1S/C25H24O3/c1-6-8-18-15(3)10-12-20-23(18)27-24-19(9-7-2)16(4)11-13-21(24)25(20)17(5)14-22(26)28-25/h6-14H,1-5H3/b8-6-,9-7-. The second-order valence-corrected chi connectivity index (χ2v) is 7.38. The molecule has 4 rings (SSSR count). The first-order valence-electron chi connectivity index (χ1n) is 9.57. The molecule has 3 heteroatoms. The molecule has 142 valence electrons. The van der Waals surface area contributed by atoms with Gasteiger partial charge >= 0.3 is 5.97 Å². The van der Waals surface area contributed by atoms with Crippen LogP contribution < -0.4 is 4.74 Å². The lowest BCUT2D eigenvalue weighted by molar-refractivity contribution is -0.144. The van der Waals surface area contributed by atoms with E-state index in [0.29, 0.717) is 0 Å². The van der Waals surface area contributed by atoms with Crippen LogP contribution in [0, 0.1) is 13.8 Å². The summed E-state index contributed by atoms with van der Waals surface area (Å²) in [6.07, 6.45) is 9.69. The molecule has 0 saturated carbocycles. The van der Waals surface area contributed by atoms with Crippen LogP contribution in [0.4, 0.5) is 0 Å². The van der Waals surface area contributed by atoms with Crippen LogP contribution >= 0.6 is 0 Å². The molecule has 2 aromatic rings. The Bertz CT molecular complexity index is 1020. The van der Waals surface area contributed by atoms with E-state index in [1.165, 1.54) is 0 Å². The number of ether oxygens (including phenoxy) is 2. The normalized spacial score (nSPS) is 16.9. The molecule has 28 heavy (non-hydrogen) atoms. The summed E-state index contributed by atoms with van der Waals surface area (Å²) in [6.45, 7) is 10.1. The number of carbonyl (C=O) groups excluding carboxylic acids is 1. The lowest BCUT2D eigenvalue weighted by Crippen LogP contribution is -2.34. The monoisotopic (exact) mass is 372 g/mol. The van der Waals surface area contributed by atoms with Gasteiger partial charge in [0.25, 0.3) is 0 Å². The van der Waals surface area contributed by atoms with Crippen molar-refractivity contribution in [3.63, 3.8) is 0 Å². The number of hydrogen-bond acceptors (Lipinski definition) is 3. The first kappa shape index (κ1) is 18.3. The van der Waals surface area contributed by atoms with Gasteiger partial charge in [-0.25, -0.2) is 4.79 Å². The Kier molecular flexibility index (Phi) is 4.26. The number of hydrogen-bond donors (Lipinski definition) is 0. The van der Waals surface area contributed by atoms with Gasteiger partial charge in [-0.15, -0.1) is 0 Å². The number of rotatable bonds is 2. The van der Waals surface area contributed by atoms with E-state index in [1.54, 1.807) is 6.08 Å². The van der Waals surface area contributed by atoms with Gasteiger partial charge in [-0.2, -0.15) is 0 Å². The molecule has 0 bridgehead atoms. The zero-order valence-corrected chi connectivity index (χ0v) is 16.9. The van der Waals surface area contributed by atoms with Gasteiger partial charge in [-0.3, -0.25) is 0 Å². The first-order valence-corrected chi connectivity index (χ1v) is 9.57. The minimum atomic E-state index is -0.950. The maximum absolute atomic E-state index is 12.3. The van der Waals surface area contributed by atoms with Gasteiger partial charge in [0.15, 0.2) is 5.60 Å². The highest BCUT2D eigenvalue weighted by atomic mass is 16.6. The second-order valence-electron chi connectivity index (χ2n) is 7.38. The zero-order valence-electron chi connectivity index (χ0n) is 16.9. The molecule has 0 fully saturated rings. The van der Waals surface area contributed by atoms with Crippen LogP contribution in [0.5, 0.6) is 11.5 Å². The lowest BCUT2D eigenvalue weighted by atomic mass is 9.76. The van der Waals surface area contributed by atoms with Crippen LogP contribution in [-0.4, -0.2) is 5.97 Å². The summed E-state index contributed by atoms with van der Waals surface area (Å²) < 4.78 is 12.6. The van der Waals surface area contributed by atoms with E-state index in [4.69, 9.17) is 9.47 Å². The Morgan fingerprint density at radius 1 is 0.821 bits per heavy atom. The van der Waals surface area contributed by atoms with Crippen molar-refractivity contribution in [3.05, 3.63) is 81.4 Å².